The van der Waals surface area contributed by atoms with Gasteiger partial charge in [-0.3, -0.25) is 0 Å². The number of hydrogen-bond acceptors (Lipinski definition) is 3. The Hall–Kier alpha value is -7.76. The third kappa shape index (κ3) is 5.91. The molecule has 0 radical (unpaired) electrons. The second-order valence-electron chi connectivity index (χ2n) is 13.6. The molecule has 0 aliphatic rings. The number of para-hydroxylation sites is 2. The molecule has 0 amide bonds. The summed E-state index contributed by atoms with van der Waals surface area (Å²) in [4.78, 5) is 0.324. The van der Waals surface area contributed by atoms with E-state index in [4.69, 9.17) is 26.0 Å². The molecule has 13 rings (SSSR count). The molecule has 0 saturated carbocycles. The first kappa shape index (κ1) is 15.5. The number of rotatable bonds is 7. The first-order valence-corrected chi connectivity index (χ1v) is 20.4. The lowest BCUT2D eigenvalue weighted by Gasteiger charge is -2.27. The van der Waals surface area contributed by atoms with Crippen molar-refractivity contribution >= 4 is 102 Å². The van der Waals surface area contributed by atoms with Crippen LogP contribution in [0.15, 0.2) is 230 Å². The van der Waals surface area contributed by atoms with Crippen LogP contribution in [-0.4, -0.2) is 4.57 Å². The Morgan fingerprint density at radius 3 is 1.42 bits per heavy atom. The molecule has 0 fully saturated rings. The van der Waals surface area contributed by atoms with Gasteiger partial charge in [0.1, 0.15) is 0 Å². The fourth-order valence-corrected chi connectivity index (χ4v) is 9.48. The molecule has 0 aliphatic heterocycles. The van der Waals surface area contributed by atoms with E-state index >= 15 is 0 Å². The van der Waals surface area contributed by atoms with Gasteiger partial charge in [-0.15, -0.1) is 22.7 Å². The van der Waals surface area contributed by atoms with Crippen LogP contribution < -0.4 is 4.90 Å². The maximum absolute atomic E-state index is 10.5. The Labute approximate surface area is 430 Å². The second kappa shape index (κ2) is 15.0. The Morgan fingerprint density at radius 1 is 0.344 bits per heavy atom. The van der Waals surface area contributed by atoms with Crippen molar-refractivity contribution in [3.63, 3.8) is 0 Å². The van der Waals surface area contributed by atoms with Gasteiger partial charge in [0, 0.05) is 73.9 Å². The average Bonchev–Trinajstić information content (AvgIpc) is 1.62. The Kier molecular flexibility index (Phi) is 3.62. The lowest BCUT2D eigenvalue weighted by Crippen LogP contribution is -2.10. The van der Waals surface area contributed by atoms with E-state index in [0.717, 1.165) is 0 Å². The fourth-order valence-electron chi connectivity index (χ4n) is 7.54. The summed E-state index contributed by atoms with van der Waals surface area (Å²) < 4.78 is 343. The Balaban J connectivity index is 1.27. The van der Waals surface area contributed by atoms with Crippen LogP contribution >= 0.6 is 22.7 Å². The van der Waals surface area contributed by atoms with E-state index in [2.05, 4.69) is 0 Å². The van der Waals surface area contributed by atoms with Crippen molar-refractivity contribution in [1.82, 2.24) is 4.57 Å². The zero-order valence-electron chi connectivity index (χ0n) is 68.8. The molecule has 0 atom stereocenters. The highest BCUT2D eigenvalue weighted by Crippen LogP contribution is 2.46. The normalized spacial score (nSPS) is 19.8. The van der Waals surface area contributed by atoms with Crippen molar-refractivity contribution in [1.29, 1.82) is 0 Å². The maximum atomic E-state index is 10.5. The molecule has 4 heteroatoms. The van der Waals surface area contributed by atoms with Crippen LogP contribution in [0.1, 0.15) is 50.7 Å². The minimum Gasteiger partial charge on any atom is -0.310 e. The van der Waals surface area contributed by atoms with Crippen LogP contribution in [0, 0.1) is 0 Å². The highest BCUT2D eigenvalue weighted by molar-refractivity contribution is 7.26. The average molecular weight is 888 g/mol. The third-order valence-corrected chi connectivity index (χ3v) is 12.2. The standard InChI is InChI=1S/C60H38N2S2/c1-2-19-42(20-3-1)62-52-30-7-4-24-49(52)58-46(27-13-31-53(58)62)39-16-10-21-43(36-39)61(44-22-11-17-40(37-44)47-28-14-34-56-59(47)50-25-5-8-32-54(50)63-56)45-23-12-18-41(38-45)48-29-15-35-57-60(48)51-26-6-9-33-55(51)64-57/h1-38H/i1D,2D,3D,4D,5D,6D,7D,8D,9D,10D,11D,12D,13D,14D,15D,17D,18D,19D,20D,21D,22D,23D,24D,25D,26D,27D,28D,29D,30D,31D,32D,33D,34D,35D,36D,37D,38D. The van der Waals surface area contributed by atoms with Gasteiger partial charge in [-0.05, 0) is 118 Å². The molecule has 0 N–H and O–H groups in total. The molecular weight excluding hydrogens is 813 g/mol. The van der Waals surface area contributed by atoms with Crippen molar-refractivity contribution in [3.05, 3.63) is 230 Å². The van der Waals surface area contributed by atoms with Crippen LogP contribution in [0.3, 0.4) is 0 Å². The molecule has 10 aromatic carbocycles. The van der Waals surface area contributed by atoms with Gasteiger partial charge in [0.15, 0.2) is 0 Å². The Morgan fingerprint density at radius 2 is 0.797 bits per heavy atom. The van der Waals surface area contributed by atoms with Gasteiger partial charge in [0.25, 0.3) is 0 Å². The van der Waals surface area contributed by atoms with Crippen LogP contribution in [0.25, 0.3) is 101 Å². The highest BCUT2D eigenvalue weighted by atomic mass is 32.1. The van der Waals surface area contributed by atoms with E-state index in [1.54, 1.807) is 0 Å². The molecule has 64 heavy (non-hydrogen) atoms. The minimum atomic E-state index is -1.34. The summed E-state index contributed by atoms with van der Waals surface area (Å²) in [6.07, 6.45) is 0. The quantitative estimate of drug-likeness (QED) is 0.155. The molecule has 0 unspecified atom stereocenters. The van der Waals surface area contributed by atoms with E-state index < -0.39 is 323 Å². The molecule has 3 aromatic heterocycles. The van der Waals surface area contributed by atoms with Crippen molar-refractivity contribution in [2.24, 2.45) is 0 Å². The summed E-state index contributed by atoms with van der Waals surface area (Å²) in [6, 6.07) is -36.8. The number of benzene rings is 10. The predicted octanol–water partition coefficient (Wildman–Crippen LogP) is 18.0. The van der Waals surface area contributed by atoms with Gasteiger partial charge in [-0.2, -0.15) is 0 Å². The van der Waals surface area contributed by atoms with E-state index in [1.165, 1.54) is 0 Å². The van der Waals surface area contributed by atoms with Crippen LogP contribution in [0.5, 0.6) is 0 Å². The first-order valence-electron chi connectivity index (χ1n) is 37.2. The monoisotopic (exact) mass is 887 g/mol. The lowest BCUT2D eigenvalue weighted by molar-refractivity contribution is 1.18. The SMILES string of the molecule is [2H]c1cc(-c2c([2H])c([2H])c([2H])c3c2c2c([2H])c([2H])c([2H])c([2H])c2n3-c2c([2H])c([2H])c([2H])c([2H])c2[2H])c([2H])c(N(c2c([2H])c([2H])c([2H])c(-c3c([2H])c([2H])c([2H])c4sc5c([2H])c([2H])c([2H])c([2H])c5c34)c2[2H])c2c([2H])c([2H])c([2H])c(-c3c([2H])c([2H])c([2H])c4sc5c([2H])c([2H])c([2H])c([2H])c5c34)c2[2H])c1[2H]. The van der Waals surface area contributed by atoms with Crippen LogP contribution in [0.2, 0.25) is 0 Å². The van der Waals surface area contributed by atoms with E-state index in [1.807, 2.05) is 0 Å². The summed E-state index contributed by atoms with van der Waals surface area (Å²) in [5.74, 6) is 0. The van der Waals surface area contributed by atoms with Gasteiger partial charge in [0.05, 0.1) is 61.8 Å². The van der Waals surface area contributed by atoms with Crippen LogP contribution in [-0.2, 0) is 0 Å². The number of aromatic nitrogens is 1. The third-order valence-electron chi connectivity index (χ3n) is 10.2. The van der Waals surface area contributed by atoms with Crippen molar-refractivity contribution in [2.45, 2.75) is 0 Å². The summed E-state index contributed by atoms with van der Waals surface area (Å²) >= 11 is 1.10. The zero-order chi connectivity index (χ0) is 74.3. The molecule has 3 heterocycles. The molecule has 0 saturated heterocycles. The predicted molar refractivity (Wildman–Crippen MR) is 278 cm³/mol. The van der Waals surface area contributed by atoms with Gasteiger partial charge < -0.3 is 9.47 Å². The number of fused-ring (bicyclic) bond motifs is 9. The largest absolute Gasteiger partial charge is 0.310 e. The maximum Gasteiger partial charge on any atom is 0.0651 e. The Bertz CT molecular complexity index is 5880. The van der Waals surface area contributed by atoms with E-state index in [0.29, 0.717) is 38.2 Å². The lowest BCUT2D eigenvalue weighted by atomic mass is 9.97. The summed E-state index contributed by atoms with van der Waals surface area (Å²) in [6.45, 7) is 0. The molecule has 300 valence electrons. The second-order valence-corrected chi connectivity index (χ2v) is 15.7. The minimum absolute atomic E-state index is 0.259. The summed E-state index contributed by atoms with van der Waals surface area (Å²) in [7, 11) is 0. The number of nitrogens with zero attached hydrogens (tertiary/aromatic N) is 2. The number of hydrogen-bond donors (Lipinski definition) is 0. The first-order chi connectivity index (χ1) is 47.1. The summed E-state index contributed by atoms with van der Waals surface area (Å²) in [5.41, 5.74) is -11.4. The van der Waals surface area contributed by atoms with Gasteiger partial charge in [0.2, 0.25) is 0 Å². The number of anilines is 3. The van der Waals surface area contributed by atoms with Gasteiger partial charge in [-0.1, -0.05) is 145 Å². The molecule has 2 nitrogen and oxygen atoms in total. The molecule has 0 spiro atoms. The van der Waals surface area contributed by atoms with Crippen LogP contribution in [0.4, 0.5) is 17.1 Å². The molecule has 0 bridgehead atoms. The van der Waals surface area contributed by atoms with Crippen molar-refractivity contribution in [3.8, 4) is 39.1 Å². The van der Waals surface area contributed by atoms with E-state index in [9.17, 15) is 24.7 Å². The highest BCUT2D eigenvalue weighted by Gasteiger charge is 2.20. The zero-order valence-corrected chi connectivity index (χ0v) is 33.4. The van der Waals surface area contributed by atoms with Crippen molar-refractivity contribution in [2.75, 3.05) is 4.90 Å². The fraction of sp³-hybridized carbons (Fsp3) is 0. The topological polar surface area (TPSA) is 8.17 Å². The number of thiophene rings is 2. The molecule has 0 aliphatic carbocycles. The molecule has 13 aromatic rings. The van der Waals surface area contributed by atoms with Gasteiger partial charge in [-0.25, -0.2) is 0 Å². The van der Waals surface area contributed by atoms with Crippen molar-refractivity contribution < 1.29 is 50.7 Å². The molecular formula is C60H38N2S2. The smallest absolute Gasteiger partial charge is 0.0651 e. The summed E-state index contributed by atoms with van der Waals surface area (Å²) in [5, 5.41) is -3.19. The van der Waals surface area contributed by atoms with Gasteiger partial charge >= 0.3 is 0 Å². The van der Waals surface area contributed by atoms with E-state index in [-0.39, 0.29) is 18.8 Å².